The van der Waals surface area contributed by atoms with Crippen molar-refractivity contribution in [2.75, 3.05) is 5.84 Å². The maximum absolute atomic E-state index is 5.19. The van der Waals surface area contributed by atoms with Crippen LogP contribution in [0.5, 0.6) is 0 Å². The summed E-state index contributed by atoms with van der Waals surface area (Å²) in [6.07, 6.45) is 3.56. The predicted molar refractivity (Wildman–Crippen MR) is 31.7 cm³/mol. The number of nitrogen functional groups attached to an aromatic ring is 1. The van der Waals surface area contributed by atoms with Gasteiger partial charge in [-0.05, 0) is 12.1 Å². The first-order chi connectivity index (χ1) is 2.89. The van der Waals surface area contributed by atoms with E-state index in [1.54, 1.807) is 12.4 Å². The molecule has 0 bridgehead atoms. The Morgan fingerprint density at radius 1 is 1.14 bits per heavy atom. The molecule has 34 valence electrons. The summed E-state index contributed by atoms with van der Waals surface area (Å²) in [6, 6.07) is 3.75. The van der Waals surface area contributed by atoms with Crippen LogP contribution in [0.25, 0.3) is 0 Å². The van der Waals surface area contributed by atoms with E-state index in [9.17, 15) is 0 Å². The minimum absolute atomic E-state index is 0. The van der Waals surface area contributed by atoms with Gasteiger partial charge in [0.25, 0.3) is 0 Å². The van der Waals surface area contributed by atoms with Crippen LogP contribution in [0.2, 0.25) is 0 Å². The molecule has 0 aromatic carbocycles. The number of hydrogen-bond acceptors (Lipinski definition) is 1. The summed E-state index contributed by atoms with van der Waals surface area (Å²) in [5.41, 5.74) is 0. The molecule has 0 fully saturated rings. The molecule has 0 aliphatic carbocycles. The molecular weight excluding hydrogens is 99.0 g/mol. The maximum atomic E-state index is 5.19. The van der Waals surface area contributed by atoms with Gasteiger partial charge in [0.1, 0.15) is 0 Å². The van der Waals surface area contributed by atoms with Crippen LogP contribution in [0, 0.1) is 0 Å². The number of nitrogens with zero attached hydrogens (tertiary/aromatic N) is 1. The van der Waals surface area contributed by atoms with Crippen LogP contribution in [0.4, 0.5) is 0 Å². The summed E-state index contributed by atoms with van der Waals surface area (Å²) in [5, 5.41) is 0. The summed E-state index contributed by atoms with van der Waals surface area (Å²) >= 11 is 0. The van der Waals surface area contributed by atoms with E-state index < -0.39 is 0 Å². The van der Waals surface area contributed by atoms with Crippen molar-refractivity contribution in [1.29, 1.82) is 0 Å². The Bertz CT molecular complexity index is 113. The van der Waals surface area contributed by atoms with Gasteiger partial charge in [0.05, 0.1) is 0 Å². The monoisotopic (exact) mass is 106 g/mol. The number of hydrogen-bond donors (Lipinski definition) is 1. The first-order valence-electron chi connectivity index (χ1n) is 1.77. The fourth-order valence-corrected chi connectivity index (χ4v) is 0.348. The van der Waals surface area contributed by atoms with Crippen LogP contribution in [0.1, 0.15) is 0 Å². The Labute approximate surface area is 64.6 Å². The van der Waals surface area contributed by atoms with Gasteiger partial charge in [-0.2, -0.15) is 0 Å². The van der Waals surface area contributed by atoms with Crippen molar-refractivity contribution in [3.05, 3.63) is 24.5 Å². The van der Waals surface area contributed by atoms with Crippen LogP contribution >= 0.6 is 0 Å². The van der Waals surface area contributed by atoms with Gasteiger partial charge in [-0.15, -0.1) is 0 Å². The Hall–Kier alpha value is 0.0800. The number of rotatable bonds is 0. The zero-order valence-electron chi connectivity index (χ0n) is 3.33. The van der Waals surface area contributed by atoms with Crippen molar-refractivity contribution in [3.8, 4) is 0 Å². The molecule has 3 heteroatoms. The van der Waals surface area contributed by atoms with Crippen molar-refractivity contribution in [2.45, 2.75) is 0 Å². The zero-order chi connectivity index (χ0) is 4.41. The summed E-state index contributed by atoms with van der Waals surface area (Å²) in [7, 11) is 0. The van der Waals surface area contributed by atoms with Gasteiger partial charge in [-0.25, -0.2) is 0 Å². The number of aromatic nitrogens is 1. The second-order valence-electron chi connectivity index (χ2n) is 1.13. The molecule has 1 aromatic heterocycles. The average molecular weight is 106 g/mol. The molecule has 0 aliphatic rings. The van der Waals surface area contributed by atoms with Crippen molar-refractivity contribution in [2.24, 2.45) is 0 Å². The standard InChI is InChI=1S/C4H6N2.Na.H/c5-6-3-1-2-4-6;;/h1-4H,5H2;;. The Morgan fingerprint density at radius 2 is 1.57 bits per heavy atom. The zero-order valence-corrected chi connectivity index (χ0v) is 3.33. The summed E-state index contributed by atoms with van der Waals surface area (Å²) in [6.45, 7) is 0. The first-order valence-corrected chi connectivity index (χ1v) is 1.77. The van der Waals surface area contributed by atoms with E-state index in [-0.39, 0.29) is 29.6 Å². The SMILES string of the molecule is Nn1cccc1.[NaH]. The minimum atomic E-state index is 0. The van der Waals surface area contributed by atoms with Crippen LogP contribution in [-0.2, 0) is 0 Å². The van der Waals surface area contributed by atoms with Gasteiger partial charge in [0.2, 0.25) is 0 Å². The molecule has 0 aliphatic heterocycles. The van der Waals surface area contributed by atoms with Crippen LogP contribution in [-0.4, -0.2) is 34.2 Å². The van der Waals surface area contributed by atoms with E-state index in [0.717, 1.165) is 0 Å². The third-order valence-corrected chi connectivity index (χ3v) is 0.628. The molecule has 0 amide bonds. The van der Waals surface area contributed by atoms with Gasteiger partial charge >= 0.3 is 29.6 Å². The van der Waals surface area contributed by atoms with Crippen molar-refractivity contribution in [1.82, 2.24) is 4.68 Å². The van der Waals surface area contributed by atoms with Crippen LogP contribution in [0.15, 0.2) is 24.5 Å². The summed E-state index contributed by atoms with van der Waals surface area (Å²) in [5.74, 6) is 5.19. The van der Waals surface area contributed by atoms with Crippen LogP contribution < -0.4 is 5.84 Å². The van der Waals surface area contributed by atoms with Gasteiger partial charge in [0, 0.05) is 12.4 Å². The Balaban J connectivity index is 0.000000360. The van der Waals surface area contributed by atoms with Crippen molar-refractivity contribution in [3.63, 3.8) is 0 Å². The Morgan fingerprint density at radius 3 is 1.71 bits per heavy atom. The van der Waals surface area contributed by atoms with E-state index >= 15 is 0 Å². The summed E-state index contributed by atoms with van der Waals surface area (Å²) in [4.78, 5) is 0. The Kier molecular flexibility index (Phi) is 3.17. The van der Waals surface area contributed by atoms with Gasteiger partial charge in [0.15, 0.2) is 0 Å². The molecule has 0 atom stereocenters. The third-order valence-electron chi connectivity index (χ3n) is 0.628. The fourth-order valence-electron chi connectivity index (χ4n) is 0.348. The molecule has 7 heavy (non-hydrogen) atoms. The molecule has 0 saturated heterocycles. The third kappa shape index (κ3) is 2.02. The quantitative estimate of drug-likeness (QED) is 0.352. The van der Waals surface area contributed by atoms with E-state index in [2.05, 4.69) is 0 Å². The molecule has 0 spiro atoms. The molecule has 0 radical (unpaired) electrons. The second kappa shape index (κ2) is 3.13. The van der Waals surface area contributed by atoms with E-state index in [1.165, 1.54) is 4.68 Å². The van der Waals surface area contributed by atoms with E-state index in [4.69, 9.17) is 5.84 Å². The van der Waals surface area contributed by atoms with Crippen molar-refractivity contribution < 1.29 is 0 Å². The van der Waals surface area contributed by atoms with Crippen molar-refractivity contribution >= 4 is 29.6 Å². The van der Waals surface area contributed by atoms with Gasteiger partial charge < -0.3 is 5.84 Å². The molecule has 0 unspecified atom stereocenters. The normalized spacial score (nSPS) is 7.43. The number of nitrogens with two attached hydrogens (primary N) is 1. The molecular formula is C4H7N2Na. The van der Waals surface area contributed by atoms with E-state index in [0.29, 0.717) is 0 Å². The molecule has 0 saturated carbocycles. The summed E-state index contributed by atoms with van der Waals surface area (Å²) < 4.78 is 1.50. The predicted octanol–water partition coefficient (Wildman–Crippen LogP) is -0.447. The molecule has 1 heterocycles. The molecule has 2 N–H and O–H groups in total. The second-order valence-corrected chi connectivity index (χ2v) is 1.13. The van der Waals surface area contributed by atoms with Gasteiger partial charge in [-0.3, -0.25) is 4.68 Å². The molecule has 2 nitrogen and oxygen atoms in total. The fraction of sp³-hybridized carbons (Fsp3) is 0. The topological polar surface area (TPSA) is 30.9 Å². The average Bonchev–Trinajstić information content (AvgIpc) is 1.86. The van der Waals surface area contributed by atoms with E-state index in [1.807, 2.05) is 12.1 Å². The van der Waals surface area contributed by atoms with Crippen LogP contribution in [0.3, 0.4) is 0 Å². The molecule has 1 aromatic rings. The van der Waals surface area contributed by atoms with Gasteiger partial charge in [-0.1, -0.05) is 0 Å². The molecule has 1 rings (SSSR count). The first kappa shape index (κ1) is 7.08.